The molecule has 2 aliphatic rings. The van der Waals surface area contributed by atoms with Crippen LogP contribution in [-0.2, 0) is 0 Å². The minimum absolute atomic E-state index is 0.0562. The molecule has 0 atom stereocenters. The topological polar surface area (TPSA) is 16.3 Å². The van der Waals surface area contributed by atoms with Crippen LogP contribution in [0.4, 0.5) is 34.1 Å². The van der Waals surface area contributed by atoms with Gasteiger partial charge in [-0.15, -0.1) is 0 Å². The molecule has 0 aliphatic carbocycles. The molecule has 4 nitrogen and oxygen atoms in total. The highest BCUT2D eigenvalue weighted by Gasteiger charge is 2.43. The number of anilines is 6. The molecular weight excluding hydrogens is 715 g/mol. The second-order valence-electron chi connectivity index (χ2n) is 15.7. The number of rotatable bonds is 4. The summed E-state index contributed by atoms with van der Waals surface area (Å²) in [6, 6.07) is 78.0. The smallest absolute Gasteiger partial charge is 0.252 e. The zero-order valence-electron chi connectivity index (χ0n) is 32.1. The normalized spacial score (nSPS) is 13.0. The molecule has 2 aromatic heterocycles. The van der Waals surface area contributed by atoms with Crippen LogP contribution in [0.5, 0.6) is 0 Å². The van der Waals surface area contributed by atoms with Crippen LogP contribution in [0.3, 0.4) is 0 Å². The summed E-state index contributed by atoms with van der Waals surface area (Å²) < 4.78 is 4.98. The fourth-order valence-electron chi connectivity index (χ4n) is 10.4. The Morgan fingerprint density at radius 1 is 0.305 bits per heavy atom. The van der Waals surface area contributed by atoms with Crippen molar-refractivity contribution in [3.05, 3.63) is 212 Å². The SMILES string of the molecule is c1ccc(N2c3ccccc3B3c4ccccc4N(c4ccccc4)c4cc(-n5c6ccccc6c6c5ccc5c7ccccc7n(-c7ccccc7)c56)cc2c43)cc1. The second kappa shape index (κ2) is 12.4. The minimum Gasteiger partial charge on any atom is -0.311 e. The van der Waals surface area contributed by atoms with Crippen LogP contribution in [-0.4, -0.2) is 15.8 Å². The lowest BCUT2D eigenvalue weighted by molar-refractivity contribution is 1.16. The molecule has 13 rings (SSSR count). The standard InChI is InChI=1S/C54H35BN4/c1-4-18-36(19-5-1)56-47-30-16-12-26-43(47)55-44-27-13-17-31-48(44)57(37-20-6-2-7-21-37)51-35-39(34-50(56)53(51)55)58-46-29-15-11-25-42(46)52-49(58)33-32-41-40-24-10-14-28-45(40)59(54(41)52)38-22-8-3-9-23-38/h1-35H. The summed E-state index contributed by atoms with van der Waals surface area (Å²) in [4.78, 5) is 4.98. The van der Waals surface area contributed by atoms with E-state index in [0.29, 0.717) is 0 Å². The van der Waals surface area contributed by atoms with Gasteiger partial charge in [0, 0.05) is 61.4 Å². The van der Waals surface area contributed by atoms with Crippen LogP contribution >= 0.6 is 0 Å². The van der Waals surface area contributed by atoms with Crippen LogP contribution in [0.1, 0.15) is 0 Å². The summed E-state index contributed by atoms with van der Waals surface area (Å²) in [6.45, 7) is 0.0562. The molecule has 274 valence electrons. The Balaban J connectivity index is 1.19. The van der Waals surface area contributed by atoms with Gasteiger partial charge >= 0.3 is 0 Å². The van der Waals surface area contributed by atoms with Gasteiger partial charge in [-0.2, -0.15) is 0 Å². The number of para-hydroxylation sites is 7. The van der Waals surface area contributed by atoms with Crippen LogP contribution in [0.15, 0.2) is 212 Å². The monoisotopic (exact) mass is 750 g/mol. The molecular formula is C54H35BN4. The van der Waals surface area contributed by atoms with Crippen LogP contribution in [0.25, 0.3) is 55.0 Å². The van der Waals surface area contributed by atoms with E-state index < -0.39 is 0 Å². The summed E-state index contributed by atoms with van der Waals surface area (Å²) in [6.07, 6.45) is 0. The zero-order valence-corrected chi connectivity index (χ0v) is 32.1. The first-order valence-electron chi connectivity index (χ1n) is 20.4. The second-order valence-corrected chi connectivity index (χ2v) is 15.7. The Hall–Kier alpha value is -7.76. The highest BCUT2D eigenvalue weighted by molar-refractivity contribution is 7.00. The van der Waals surface area contributed by atoms with Crippen molar-refractivity contribution in [3.8, 4) is 11.4 Å². The lowest BCUT2D eigenvalue weighted by atomic mass is 9.33. The zero-order chi connectivity index (χ0) is 38.6. The summed E-state index contributed by atoms with van der Waals surface area (Å²) in [5.74, 6) is 0. The number of hydrogen-bond donors (Lipinski definition) is 0. The molecule has 0 saturated heterocycles. The molecule has 0 amide bonds. The molecule has 5 heteroatoms. The fourth-order valence-corrected chi connectivity index (χ4v) is 10.4. The molecule has 0 radical (unpaired) electrons. The van der Waals surface area contributed by atoms with Gasteiger partial charge in [-0.05, 0) is 95.3 Å². The Morgan fingerprint density at radius 3 is 1.37 bits per heavy atom. The summed E-state index contributed by atoms with van der Waals surface area (Å²) >= 11 is 0. The van der Waals surface area contributed by atoms with Gasteiger partial charge in [-0.3, -0.25) is 0 Å². The number of benzene rings is 9. The largest absolute Gasteiger partial charge is 0.311 e. The number of nitrogens with zero attached hydrogens (tertiary/aromatic N) is 4. The highest BCUT2D eigenvalue weighted by Crippen LogP contribution is 2.47. The average Bonchev–Trinajstić information content (AvgIpc) is 3.83. The molecule has 0 spiro atoms. The maximum absolute atomic E-state index is 2.51. The molecule has 0 bridgehead atoms. The summed E-state index contributed by atoms with van der Waals surface area (Å²) in [7, 11) is 0. The van der Waals surface area contributed by atoms with Crippen molar-refractivity contribution in [2.45, 2.75) is 0 Å². The van der Waals surface area contributed by atoms with Crippen molar-refractivity contribution in [1.82, 2.24) is 9.13 Å². The Bertz CT molecular complexity index is 3350. The Morgan fingerprint density at radius 2 is 0.780 bits per heavy atom. The maximum Gasteiger partial charge on any atom is 0.252 e. The third-order valence-electron chi connectivity index (χ3n) is 12.6. The molecule has 11 aromatic rings. The van der Waals surface area contributed by atoms with Gasteiger partial charge in [-0.1, -0.05) is 133 Å². The van der Waals surface area contributed by atoms with Gasteiger partial charge in [0.05, 0.1) is 27.8 Å². The lowest BCUT2D eigenvalue weighted by Gasteiger charge is -2.44. The van der Waals surface area contributed by atoms with E-state index in [0.717, 1.165) is 22.7 Å². The highest BCUT2D eigenvalue weighted by atomic mass is 15.2. The predicted molar refractivity (Wildman–Crippen MR) is 249 cm³/mol. The van der Waals surface area contributed by atoms with E-state index >= 15 is 0 Å². The van der Waals surface area contributed by atoms with Crippen molar-refractivity contribution in [2.24, 2.45) is 0 Å². The van der Waals surface area contributed by atoms with Crippen LogP contribution < -0.4 is 26.2 Å². The molecule has 0 N–H and O–H groups in total. The van der Waals surface area contributed by atoms with Crippen LogP contribution in [0, 0.1) is 0 Å². The molecule has 0 fully saturated rings. The van der Waals surface area contributed by atoms with Crippen LogP contribution in [0.2, 0.25) is 0 Å². The molecule has 0 saturated carbocycles. The van der Waals surface area contributed by atoms with Gasteiger partial charge in [0.15, 0.2) is 0 Å². The van der Waals surface area contributed by atoms with Gasteiger partial charge in [0.2, 0.25) is 0 Å². The Labute approximate surface area is 342 Å². The maximum atomic E-state index is 2.51. The van der Waals surface area contributed by atoms with E-state index in [4.69, 9.17) is 0 Å². The van der Waals surface area contributed by atoms with Gasteiger partial charge in [0.1, 0.15) is 0 Å². The fraction of sp³-hybridized carbons (Fsp3) is 0. The number of aromatic nitrogens is 2. The molecule has 0 unspecified atom stereocenters. The summed E-state index contributed by atoms with van der Waals surface area (Å²) in [5.41, 5.74) is 18.1. The molecule has 4 heterocycles. The van der Waals surface area contributed by atoms with E-state index in [9.17, 15) is 0 Å². The van der Waals surface area contributed by atoms with Gasteiger partial charge in [-0.25, -0.2) is 0 Å². The lowest BCUT2D eigenvalue weighted by Crippen LogP contribution is -2.61. The van der Waals surface area contributed by atoms with E-state index in [2.05, 4.69) is 231 Å². The Kier molecular flexibility index (Phi) is 6.78. The van der Waals surface area contributed by atoms with E-state index in [1.54, 1.807) is 0 Å². The van der Waals surface area contributed by atoms with E-state index in [1.165, 1.54) is 82.7 Å². The number of hydrogen-bond acceptors (Lipinski definition) is 2. The number of fused-ring (bicyclic) bond motifs is 11. The van der Waals surface area contributed by atoms with Crippen molar-refractivity contribution in [3.63, 3.8) is 0 Å². The predicted octanol–water partition coefficient (Wildman–Crippen LogP) is 12.0. The first-order chi connectivity index (χ1) is 29.3. The van der Waals surface area contributed by atoms with Crippen molar-refractivity contribution >= 4 is 101 Å². The third-order valence-corrected chi connectivity index (χ3v) is 12.6. The molecule has 59 heavy (non-hydrogen) atoms. The van der Waals surface area contributed by atoms with E-state index in [1.807, 2.05) is 0 Å². The van der Waals surface area contributed by atoms with Crippen molar-refractivity contribution in [2.75, 3.05) is 9.80 Å². The molecule has 2 aliphatic heterocycles. The third kappa shape index (κ3) is 4.50. The van der Waals surface area contributed by atoms with Gasteiger partial charge < -0.3 is 18.9 Å². The van der Waals surface area contributed by atoms with Gasteiger partial charge in [0.25, 0.3) is 6.71 Å². The first-order valence-corrected chi connectivity index (χ1v) is 20.4. The van der Waals surface area contributed by atoms with Crippen molar-refractivity contribution < 1.29 is 0 Å². The molecule has 9 aromatic carbocycles. The van der Waals surface area contributed by atoms with Crippen molar-refractivity contribution in [1.29, 1.82) is 0 Å². The average molecular weight is 751 g/mol. The quantitative estimate of drug-likeness (QED) is 0.167. The minimum atomic E-state index is 0.0562. The van der Waals surface area contributed by atoms with E-state index in [-0.39, 0.29) is 6.71 Å². The first kappa shape index (κ1) is 32.3. The summed E-state index contributed by atoms with van der Waals surface area (Å²) in [5, 5.41) is 4.98.